The fourth-order valence-corrected chi connectivity index (χ4v) is 4.80. The van der Waals surface area contributed by atoms with Gasteiger partial charge in [-0.2, -0.15) is 0 Å². The molecule has 2 aliphatic rings. The van der Waals surface area contributed by atoms with Crippen LogP contribution in [0.4, 0.5) is 0 Å². The Hall–Kier alpha value is -0.420. The highest BCUT2D eigenvalue weighted by Gasteiger charge is 2.36. The van der Waals surface area contributed by atoms with Crippen molar-refractivity contribution in [1.29, 1.82) is 0 Å². The Bertz CT molecular complexity index is 432. The van der Waals surface area contributed by atoms with Gasteiger partial charge in [0.1, 0.15) is 15.6 Å². The number of carbonyl (C=O) groups excluding carboxylic acids is 1. The van der Waals surface area contributed by atoms with Crippen molar-refractivity contribution in [2.75, 3.05) is 12.8 Å². The molecule has 1 heterocycles. The first kappa shape index (κ1) is 15.0. The molecule has 3 atom stereocenters. The van der Waals surface area contributed by atoms with Gasteiger partial charge >= 0.3 is 0 Å². The number of rotatable bonds is 3. The van der Waals surface area contributed by atoms with Gasteiger partial charge in [-0.15, -0.1) is 0 Å². The molecule has 0 aromatic carbocycles. The largest absolute Gasteiger partial charge is 0.298 e. The molecule has 0 amide bonds. The van der Waals surface area contributed by atoms with E-state index in [0.29, 0.717) is 6.42 Å². The summed E-state index contributed by atoms with van der Waals surface area (Å²) in [5, 5.41) is -0.208. The fourth-order valence-electron chi connectivity index (χ4n) is 3.64. The Labute approximate surface area is 116 Å². The second kappa shape index (κ2) is 5.92. The molecule has 0 bridgehead atoms. The summed E-state index contributed by atoms with van der Waals surface area (Å²) in [6.07, 6.45) is 8.02. The molecule has 1 aliphatic carbocycles. The maximum Gasteiger partial charge on any atom is 0.150 e. The molecule has 19 heavy (non-hydrogen) atoms. The Morgan fingerprint density at radius 2 is 1.84 bits per heavy atom. The lowest BCUT2D eigenvalue weighted by Gasteiger charge is -2.43. The Morgan fingerprint density at radius 1 is 1.11 bits per heavy atom. The summed E-state index contributed by atoms with van der Waals surface area (Å²) in [4.78, 5) is 14.1. The quantitative estimate of drug-likeness (QED) is 0.794. The molecule has 1 aliphatic heterocycles. The lowest BCUT2D eigenvalue weighted by Crippen LogP contribution is -2.52. The van der Waals surface area contributed by atoms with Crippen LogP contribution in [0.2, 0.25) is 0 Å². The monoisotopic (exact) mass is 287 g/mol. The van der Waals surface area contributed by atoms with Crippen molar-refractivity contribution in [3.8, 4) is 0 Å². The van der Waals surface area contributed by atoms with E-state index in [9.17, 15) is 13.2 Å². The fraction of sp³-hybridized carbons (Fsp3) is 0.929. The van der Waals surface area contributed by atoms with Crippen LogP contribution in [0.3, 0.4) is 0 Å². The molecule has 2 fully saturated rings. The molecule has 0 aromatic heterocycles. The summed E-state index contributed by atoms with van der Waals surface area (Å²) >= 11 is 0. The minimum Gasteiger partial charge on any atom is -0.298 e. The minimum atomic E-state index is -2.95. The van der Waals surface area contributed by atoms with Gasteiger partial charge in [0.2, 0.25) is 0 Å². The van der Waals surface area contributed by atoms with Crippen LogP contribution in [0.15, 0.2) is 0 Å². The van der Waals surface area contributed by atoms with Gasteiger partial charge < -0.3 is 0 Å². The van der Waals surface area contributed by atoms with Crippen molar-refractivity contribution >= 4 is 15.6 Å². The molecule has 0 spiro atoms. The summed E-state index contributed by atoms with van der Waals surface area (Å²) in [6.45, 7) is 2.62. The first-order valence-corrected chi connectivity index (χ1v) is 9.30. The van der Waals surface area contributed by atoms with E-state index >= 15 is 0 Å². The van der Waals surface area contributed by atoms with E-state index in [2.05, 4.69) is 4.90 Å². The molecule has 110 valence electrons. The number of nitrogens with zero attached hydrogens (tertiary/aromatic N) is 1. The van der Waals surface area contributed by atoms with E-state index in [1.807, 2.05) is 0 Å². The van der Waals surface area contributed by atoms with E-state index in [1.54, 1.807) is 6.92 Å². The van der Waals surface area contributed by atoms with Crippen molar-refractivity contribution in [2.24, 2.45) is 0 Å². The number of sulfone groups is 1. The van der Waals surface area contributed by atoms with Crippen molar-refractivity contribution in [2.45, 2.75) is 69.2 Å². The van der Waals surface area contributed by atoms with Crippen LogP contribution >= 0.6 is 0 Å². The zero-order valence-corrected chi connectivity index (χ0v) is 12.8. The Morgan fingerprint density at radius 3 is 2.47 bits per heavy atom. The number of ketones is 1. The van der Waals surface area contributed by atoms with Gasteiger partial charge in [-0.1, -0.05) is 12.8 Å². The molecule has 1 saturated carbocycles. The molecule has 0 N–H and O–H groups in total. The van der Waals surface area contributed by atoms with Gasteiger partial charge in [0.05, 0.1) is 11.3 Å². The third kappa shape index (κ3) is 3.57. The number of carbonyl (C=O) groups is 1. The Balaban J connectivity index is 2.09. The van der Waals surface area contributed by atoms with Crippen LogP contribution < -0.4 is 0 Å². The zero-order chi connectivity index (χ0) is 14.0. The van der Waals surface area contributed by atoms with E-state index in [-0.39, 0.29) is 23.1 Å². The maximum absolute atomic E-state index is 11.8. The highest BCUT2D eigenvalue weighted by Crippen LogP contribution is 2.31. The molecular formula is C14H25NO3S. The van der Waals surface area contributed by atoms with Crippen LogP contribution in [-0.2, 0) is 14.6 Å². The van der Waals surface area contributed by atoms with Crippen LogP contribution in [-0.4, -0.2) is 49.2 Å². The molecule has 4 nitrogen and oxygen atoms in total. The van der Waals surface area contributed by atoms with E-state index < -0.39 is 9.84 Å². The van der Waals surface area contributed by atoms with Crippen molar-refractivity contribution in [1.82, 2.24) is 4.90 Å². The van der Waals surface area contributed by atoms with E-state index in [1.165, 1.54) is 6.26 Å². The lowest BCUT2D eigenvalue weighted by atomic mass is 9.89. The average molecular weight is 287 g/mol. The highest BCUT2D eigenvalue weighted by molar-refractivity contribution is 7.91. The summed E-state index contributed by atoms with van der Waals surface area (Å²) in [6, 6.07) is 0.305. The second-order valence-electron chi connectivity index (χ2n) is 6.13. The first-order chi connectivity index (χ1) is 8.89. The molecule has 2 rings (SSSR count). The van der Waals surface area contributed by atoms with Crippen LogP contribution in [0.1, 0.15) is 51.9 Å². The van der Waals surface area contributed by atoms with Crippen LogP contribution in [0, 0.1) is 0 Å². The Kier molecular flexibility index (Phi) is 4.66. The number of likely N-dealkylation sites (tertiary alicyclic amines) is 1. The van der Waals surface area contributed by atoms with Crippen LogP contribution in [0.5, 0.6) is 0 Å². The molecule has 0 aromatic rings. The van der Waals surface area contributed by atoms with Crippen LogP contribution in [0.25, 0.3) is 0 Å². The summed E-state index contributed by atoms with van der Waals surface area (Å²) < 4.78 is 23.5. The number of hydrogen-bond acceptors (Lipinski definition) is 4. The number of hydrogen-bond donors (Lipinski definition) is 0. The van der Waals surface area contributed by atoms with Crippen molar-refractivity contribution in [3.63, 3.8) is 0 Å². The summed E-state index contributed by atoms with van der Waals surface area (Å²) in [5.74, 6) is 0.237. The third-order valence-corrected chi connectivity index (χ3v) is 6.33. The average Bonchev–Trinajstić information content (AvgIpc) is 2.38. The SMILES string of the molecule is CC(=O)C1CCCCN1C1CCCC(S(C)(=O)=O)C1. The highest BCUT2D eigenvalue weighted by atomic mass is 32.2. The molecular weight excluding hydrogens is 262 g/mol. The number of Topliss-reactive ketones (excluding diaryl/α,β-unsaturated/α-hetero) is 1. The standard InChI is InChI=1S/C14H25NO3S/c1-11(16)14-8-3-4-9-15(14)12-6-5-7-13(10-12)19(2,17)18/h12-14H,3-10H2,1-2H3. The molecule has 3 unspecified atom stereocenters. The van der Waals surface area contributed by atoms with Gasteiger partial charge in [0.15, 0.2) is 0 Å². The third-order valence-electron chi connectivity index (χ3n) is 4.69. The van der Waals surface area contributed by atoms with Gasteiger partial charge in [0, 0.05) is 12.3 Å². The normalized spacial score (nSPS) is 34.1. The zero-order valence-electron chi connectivity index (χ0n) is 12.0. The predicted octanol–water partition coefficient (Wildman–Crippen LogP) is 1.79. The van der Waals surface area contributed by atoms with Gasteiger partial charge in [-0.3, -0.25) is 9.69 Å². The number of piperidine rings is 1. The molecule has 1 saturated heterocycles. The van der Waals surface area contributed by atoms with E-state index in [4.69, 9.17) is 0 Å². The second-order valence-corrected chi connectivity index (χ2v) is 8.46. The first-order valence-electron chi connectivity index (χ1n) is 7.34. The topological polar surface area (TPSA) is 54.5 Å². The lowest BCUT2D eigenvalue weighted by molar-refractivity contribution is -0.124. The maximum atomic E-state index is 11.8. The summed E-state index contributed by atoms with van der Waals surface area (Å²) in [5.41, 5.74) is 0. The van der Waals surface area contributed by atoms with Gasteiger partial charge in [0.25, 0.3) is 0 Å². The predicted molar refractivity (Wildman–Crippen MR) is 75.9 cm³/mol. The summed E-state index contributed by atoms with van der Waals surface area (Å²) in [7, 11) is -2.95. The van der Waals surface area contributed by atoms with Crippen molar-refractivity contribution < 1.29 is 13.2 Å². The van der Waals surface area contributed by atoms with Gasteiger partial charge in [-0.25, -0.2) is 8.42 Å². The minimum absolute atomic E-state index is 0.0251. The van der Waals surface area contributed by atoms with E-state index in [0.717, 1.165) is 45.1 Å². The molecule has 5 heteroatoms. The molecule has 0 radical (unpaired) electrons. The van der Waals surface area contributed by atoms with Gasteiger partial charge in [-0.05, 0) is 45.6 Å². The van der Waals surface area contributed by atoms with Crippen molar-refractivity contribution in [3.05, 3.63) is 0 Å². The smallest absolute Gasteiger partial charge is 0.150 e.